The van der Waals surface area contributed by atoms with E-state index in [1.54, 1.807) is 13.4 Å². The molecule has 0 radical (unpaired) electrons. The highest BCUT2D eigenvalue weighted by atomic mass is 16.5. The highest BCUT2D eigenvalue weighted by molar-refractivity contribution is 5.93. The molecule has 1 aliphatic heterocycles. The molecule has 1 N–H and O–H groups in total. The maximum absolute atomic E-state index is 5.42. The predicted octanol–water partition coefficient (Wildman–Crippen LogP) is 2.75. The van der Waals surface area contributed by atoms with Crippen LogP contribution in [-0.2, 0) is 0 Å². The molecule has 2 aromatic heterocycles. The average molecular weight is 309 g/mol. The van der Waals surface area contributed by atoms with Crippen LogP contribution in [0, 0.1) is 0 Å². The van der Waals surface area contributed by atoms with Crippen molar-refractivity contribution in [3.63, 3.8) is 0 Å². The lowest BCUT2D eigenvalue weighted by molar-refractivity contribution is 0.419. The molecule has 1 fully saturated rings. The highest BCUT2D eigenvalue weighted by Gasteiger charge is 2.23. The van der Waals surface area contributed by atoms with Crippen molar-refractivity contribution in [2.24, 2.45) is 0 Å². The van der Waals surface area contributed by atoms with E-state index in [4.69, 9.17) is 4.74 Å². The van der Waals surface area contributed by atoms with Gasteiger partial charge in [0.15, 0.2) is 0 Å². The number of hydrogen-bond donors (Lipinski definition) is 1. The summed E-state index contributed by atoms with van der Waals surface area (Å²) in [6.07, 6.45) is 7.78. The van der Waals surface area contributed by atoms with Crippen LogP contribution in [0.1, 0.15) is 24.3 Å². The van der Waals surface area contributed by atoms with E-state index < -0.39 is 0 Å². The minimum Gasteiger partial charge on any atom is -0.494 e. The minimum atomic E-state index is 0.577. The first-order valence-electron chi connectivity index (χ1n) is 7.88. The van der Waals surface area contributed by atoms with Crippen LogP contribution >= 0.6 is 0 Å². The molecule has 3 heterocycles. The van der Waals surface area contributed by atoms with Crippen molar-refractivity contribution in [2.45, 2.75) is 18.8 Å². The van der Waals surface area contributed by atoms with E-state index in [0.29, 0.717) is 5.92 Å². The summed E-state index contributed by atoms with van der Waals surface area (Å²) >= 11 is 0. The first-order chi connectivity index (χ1) is 11.4. The Morgan fingerprint density at radius 3 is 2.83 bits per heavy atom. The molecule has 23 heavy (non-hydrogen) atoms. The van der Waals surface area contributed by atoms with Gasteiger partial charge in [0.1, 0.15) is 23.4 Å². The molecule has 0 bridgehead atoms. The van der Waals surface area contributed by atoms with E-state index in [2.05, 4.69) is 31.1 Å². The Morgan fingerprint density at radius 1 is 1.22 bits per heavy atom. The van der Waals surface area contributed by atoms with Crippen molar-refractivity contribution in [1.29, 1.82) is 0 Å². The average Bonchev–Trinajstić information content (AvgIpc) is 3.15. The molecule has 118 valence electrons. The Hall–Kier alpha value is -2.63. The molecule has 0 spiro atoms. The van der Waals surface area contributed by atoms with Crippen LogP contribution in [0.3, 0.4) is 0 Å². The SMILES string of the molecule is COc1cccc2c(N3CCC(c4cn[nH]c4)CC3)ncnc12. The van der Waals surface area contributed by atoms with Crippen molar-refractivity contribution in [1.82, 2.24) is 20.2 Å². The number of benzene rings is 1. The lowest BCUT2D eigenvalue weighted by Gasteiger charge is -2.33. The Kier molecular flexibility index (Phi) is 3.57. The van der Waals surface area contributed by atoms with Gasteiger partial charge in [0.05, 0.1) is 13.3 Å². The van der Waals surface area contributed by atoms with Crippen LogP contribution in [-0.4, -0.2) is 40.4 Å². The van der Waals surface area contributed by atoms with E-state index in [1.165, 1.54) is 5.56 Å². The molecule has 0 saturated carbocycles. The predicted molar refractivity (Wildman–Crippen MR) is 88.9 cm³/mol. The van der Waals surface area contributed by atoms with Gasteiger partial charge in [-0.25, -0.2) is 9.97 Å². The van der Waals surface area contributed by atoms with Gasteiger partial charge in [-0.2, -0.15) is 5.10 Å². The Morgan fingerprint density at radius 2 is 2.09 bits per heavy atom. The van der Waals surface area contributed by atoms with Crippen molar-refractivity contribution in [3.8, 4) is 5.75 Å². The molecule has 6 nitrogen and oxygen atoms in total. The van der Waals surface area contributed by atoms with Crippen LogP contribution in [0.2, 0.25) is 0 Å². The smallest absolute Gasteiger partial charge is 0.145 e. The van der Waals surface area contributed by atoms with Gasteiger partial charge in [0.25, 0.3) is 0 Å². The summed E-state index contributed by atoms with van der Waals surface area (Å²) in [5.41, 5.74) is 2.18. The number of para-hydroxylation sites is 1. The van der Waals surface area contributed by atoms with Crippen LogP contribution < -0.4 is 9.64 Å². The lowest BCUT2D eigenvalue weighted by atomic mass is 9.91. The Labute approximate surface area is 134 Å². The Bertz CT molecular complexity index is 794. The number of anilines is 1. The summed E-state index contributed by atoms with van der Waals surface area (Å²) in [5, 5.41) is 8.02. The summed E-state index contributed by atoms with van der Waals surface area (Å²) in [7, 11) is 1.67. The topological polar surface area (TPSA) is 66.9 Å². The second kappa shape index (κ2) is 5.87. The lowest BCUT2D eigenvalue weighted by Crippen LogP contribution is -2.33. The molecule has 0 unspecified atom stereocenters. The van der Waals surface area contributed by atoms with Crippen molar-refractivity contribution in [3.05, 3.63) is 42.5 Å². The summed E-state index contributed by atoms with van der Waals surface area (Å²) in [5.74, 6) is 2.37. The molecule has 1 saturated heterocycles. The molecule has 0 amide bonds. The van der Waals surface area contributed by atoms with Gasteiger partial charge in [-0.3, -0.25) is 5.10 Å². The molecular formula is C17H19N5O. The summed E-state index contributed by atoms with van der Waals surface area (Å²) in [6.45, 7) is 1.97. The van der Waals surface area contributed by atoms with Gasteiger partial charge in [-0.1, -0.05) is 6.07 Å². The van der Waals surface area contributed by atoms with Crippen LogP contribution in [0.15, 0.2) is 36.9 Å². The fourth-order valence-electron chi connectivity index (χ4n) is 3.37. The number of piperidine rings is 1. The highest BCUT2D eigenvalue weighted by Crippen LogP contribution is 2.33. The third-order valence-corrected chi connectivity index (χ3v) is 4.61. The second-order valence-corrected chi connectivity index (χ2v) is 5.85. The quantitative estimate of drug-likeness (QED) is 0.806. The number of aromatic amines is 1. The van der Waals surface area contributed by atoms with Crippen LogP contribution in [0.4, 0.5) is 5.82 Å². The Balaban J connectivity index is 1.61. The molecule has 1 aliphatic rings. The van der Waals surface area contributed by atoms with E-state index >= 15 is 0 Å². The molecule has 6 heteroatoms. The summed E-state index contributed by atoms with van der Waals surface area (Å²) in [6, 6.07) is 5.99. The normalized spacial score (nSPS) is 16.0. The van der Waals surface area contributed by atoms with Crippen LogP contribution in [0.5, 0.6) is 5.75 Å². The number of hydrogen-bond acceptors (Lipinski definition) is 5. The van der Waals surface area contributed by atoms with Crippen molar-refractivity contribution < 1.29 is 4.74 Å². The van der Waals surface area contributed by atoms with Gasteiger partial charge in [-0.15, -0.1) is 0 Å². The number of H-pyrrole nitrogens is 1. The minimum absolute atomic E-state index is 0.577. The standard InChI is InChI=1S/C17H19N5O/c1-23-15-4-2-3-14-16(15)18-11-19-17(14)22-7-5-12(6-8-22)13-9-20-21-10-13/h2-4,9-12H,5-8H2,1H3,(H,20,21). The van der Waals surface area contributed by atoms with Crippen molar-refractivity contribution >= 4 is 16.7 Å². The molecular weight excluding hydrogens is 290 g/mol. The first kappa shape index (κ1) is 14.0. The largest absolute Gasteiger partial charge is 0.494 e. The van der Waals surface area contributed by atoms with Gasteiger partial charge >= 0.3 is 0 Å². The number of nitrogens with one attached hydrogen (secondary N) is 1. The van der Waals surface area contributed by atoms with E-state index in [1.807, 2.05) is 24.5 Å². The first-order valence-corrected chi connectivity index (χ1v) is 7.88. The fourth-order valence-corrected chi connectivity index (χ4v) is 3.37. The third-order valence-electron chi connectivity index (χ3n) is 4.61. The van der Waals surface area contributed by atoms with Gasteiger partial charge in [-0.05, 0) is 36.5 Å². The summed E-state index contributed by atoms with van der Waals surface area (Å²) < 4.78 is 5.42. The molecule has 4 rings (SSSR count). The number of fused-ring (bicyclic) bond motifs is 1. The van der Waals surface area contributed by atoms with Gasteiger partial charge in [0, 0.05) is 24.7 Å². The van der Waals surface area contributed by atoms with E-state index in [0.717, 1.165) is 48.4 Å². The number of rotatable bonds is 3. The molecule has 1 aromatic carbocycles. The number of ether oxygens (including phenoxy) is 1. The van der Waals surface area contributed by atoms with E-state index in [9.17, 15) is 0 Å². The molecule has 3 aromatic rings. The summed E-state index contributed by atoms with van der Waals surface area (Å²) in [4.78, 5) is 11.3. The molecule has 0 aliphatic carbocycles. The number of nitrogens with zero attached hydrogens (tertiary/aromatic N) is 4. The fraction of sp³-hybridized carbons (Fsp3) is 0.353. The zero-order valence-electron chi connectivity index (χ0n) is 13.1. The number of aromatic nitrogens is 4. The maximum atomic E-state index is 5.42. The monoisotopic (exact) mass is 309 g/mol. The van der Waals surface area contributed by atoms with E-state index in [-0.39, 0.29) is 0 Å². The van der Waals surface area contributed by atoms with Crippen molar-refractivity contribution in [2.75, 3.05) is 25.1 Å². The zero-order valence-corrected chi connectivity index (χ0v) is 13.1. The maximum Gasteiger partial charge on any atom is 0.145 e. The zero-order chi connectivity index (χ0) is 15.6. The third kappa shape index (κ3) is 2.50. The van der Waals surface area contributed by atoms with Crippen LogP contribution in [0.25, 0.3) is 10.9 Å². The van der Waals surface area contributed by atoms with Gasteiger partial charge in [0.2, 0.25) is 0 Å². The number of methoxy groups -OCH3 is 1. The van der Waals surface area contributed by atoms with Gasteiger partial charge < -0.3 is 9.64 Å². The second-order valence-electron chi connectivity index (χ2n) is 5.85. The molecule has 0 atom stereocenters.